The Bertz CT molecular complexity index is 462. The Morgan fingerprint density at radius 3 is 2.79 bits per heavy atom. The molecule has 5 nitrogen and oxygen atoms in total. The van der Waals surface area contributed by atoms with Crippen molar-refractivity contribution in [2.45, 2.75) is 39.5 Å². The molecule has 0 aromatic carbocycles. The molecule has 5 heteroatoms. The highest BCUT2D eigenvalue weighted by molar-refractivity contribution is 5.44. The van der Waals surface area contributed by atoms with E-state index in [9.17, 15) is 10.1 Å². The largest absolute Gasteiger partial charge is 0.370 e. The van der Waals surface area contributed by atoms with Crippen molar-refractivity contribution in [3.05, 3.63) is 27.9 Å². The van der Waals surface area contributed by atoms with Crippen molar-refractivity contribution in [2.24, 2.45) is 11.8 Å². The minimum absolute atomic E-state index is 0.0802. The molecule has 1 aromatic rings. The highest BCUT2D eigenvalue weighted by Gasteiger charge is 2.21. The molecule has 1 heterocycles. The Morgan fingerprint density at radius 2 is 2.16 bits per heavy atom. The van der Waals surface area contributed by atoms with Crippen LogP contribution in [0.15, 0.2) is 12.1 Å². The summed E-state index contributed by atoms with van der Waals surface area (Å²) in [4.78, 5) is 14.6. The molecule has 1 aromatic heterocycles. The second-order valence-corrected chi connectivity index (χ2v) is 5.46. The van der Waals surface area contributed by atoms with Gasteiger partial charge in [0.15, 0.2) is 0 Å². The summed E-state index contributed by atoms with van der Waals surface area (Å²) >= 11 is 0. The van der Waals surface area contributed by atoms with Crippen LogP contribution in [0.2, 0.25) is 0 Å². The highest BCUT2D eigenvalue weighted by atomic mass is 16.6. The maximum Gasteiger partial charge on any atom is 0.290 e. The van der Waals surface area contributed by atoms with Gasteiger partial charge in [-0.2, -0.15) is 0 Å². The lowest BCUT2D eigenvalue weighted by Gasteiger charge is -2.28. The third-order valence-corrected chi connectivity index (χ3v) is 4.09. The van der Waals surface area contributed by atoms with E-state index >= 15 is 0 Å². The molecule has 1 aliphatic carbocycles. The first-order valence-electron chi connectivity index (χ1n) is 6.94. The monoisotopic (exact) mass is 263 g/mol. The number of rotatable bonds is 4. The van der Waals surface area contributed by atoms with Gasteiger partial charge in [0.25, 0.3) is 5.69 Å². The first-order valence-corrected chi connectivity index (χ1v) is 6.94. The van der Waals surface area contributed by atoms with Crippen LogP contribution in [-0.4, -0.2) is 16.5 Å². The van der Waals surface area contributed by atoms with E-state index in [-0.39, 0.29) is 5.69 Å². The molecule has 1 aliphatic rings. The summed E-state index contributed by atoms with van der Waals surface area (Å²) < 4.78 is 0. The lowest BCUT2D eigenvalue weighted by atomic mass is 9.80. The number of hydrogen-bond donors (Lipinski definition) is 1. The molecule has 2 rings (SSSR count). The molecule has 1 fully saturated rings. The zero-order valence-electron chi connectivity index (χ0n) is 11.6. The summed E-state index contributed by atoms with van der Waals surface area (Å²) in [5.41, 5.74) is 0.545. The van der Waals surface area contributed by atoms with Gasteiger partial charge in [-0.1, -0.05) is 26.2 Å². The molecular formula is C14H21N3O2. The van der Waals surface area contributed by atoms with Crippen molar-refractivity contribution in [3.8, 4) is 0 Å². The second kappa shape index (κ2) is 5.99. The summed E-state index contributed by atoms with van der Waals surface area (Å²) in [5.74, 6) is 2.17. The van der Waals surface area contributed by atoms with E-state index in [0.717, 1.165) is 18.3 Å². The maximum atomic E-state index is 10.7. The third kappa shape index (κ3) is 3.43. The van der Waals surface area contributed by atoms with Gasteiger partial charge < -0.3 is 5.32 Å². The first kappa shape index (κ1) is 13.8. The molecular weight excluding hydrogens is 242 g/mol. The standard InChI is InChI=1S/C14H21N3O2/c1-10-5-3-4-6-12(10)9-15-14-8-7-13(17(18)19)11(2)16-14/h7-8,10,12H,3-6,9H2,1-2H3,(H,15,16). The van der Waals surface area contributed by atoms with Gasteiger partial charge >= 0.3 is 0 Å². The van der Waals surface area contributed by atoms with Gasteiger partial charge in [0.2, 0.25) is 0 Å². The fourth-order valence-corrected chi connectivity index (χ4v) is 2.78. The zero-order valence-corrected chi connectivity index (χ0v) is 11.6. The Hall–Kier alpha value is -1.65. The fourth-order valence-electron chi connectivity index (χ4n) is 2.78. The Labute approximate surface area is 113 Å². The van der Waals surface area contributed by atoms with Gasteiger partial charge in [-0.05, 0) is 31.2 Å². The van der Waals surface area contributed by atoms with Gasteiger partial charge in [0.1, 0.15) is 11.5 Å². The summed E-state index contributed by atoms with van der Waals surface area (Å²) in [6.45, 7) is 4.89. The topological polar surface area (TPSA) is 68.1 Å². The van der Waals surface area contributed by atoms with Gasteiger partial charge in [0, 0.05) is 12.6 Å². The molecule has 0 radical (unpaired) electrons. The zero-order chi connectivity index (χ0) is 13.8. The summed E-state index contributed by atoms with van der Waals surface area (Å²) in [6, 6.07) is 3.22. The highest BCUT2D eigenvalue weighted by Crippen LogP contribution is 2.29. The van der Waals surface area contributed by atoms with Gasteiger partial charge in [-0.15, -0.1) is 0 Å². The lowest BCUT2D eigenvalue weighted by molar-refractivity contribution is -0.385. The van der Waals surface area contributed by atoms with Crippen LogP contribution in [0, 0.1) is 28.9 Å². The van der Waals surface area contributed by atoms with Crippen LogP contribution < -0.4 is 5.32 Å². The molecule has 2 atom stereocenters. The molecule has 0 saturated heterocycles. The SMILES string of the molecule is Cc1nc(NCC2CCCCC2C)ccc1[N+](=O)[O-]. The molecule has 0 aliphatic heterocycles. The molecule has 1 N–H and O–H groups in total. The van der Waals surface area contributed by atoms with E-state index in [2.05, 4.69) is 17.2 Å². The normalized spacial score (nSPS) is 23.1. The van der Waals surface area contributed by atoms with Crippen molar-refractivity contribution in [1.29, 1.82) is 0 Å². The van der Waals surface area contributed by atoms with Crippen molar-refractivity contribution in [3.63, 3.8) is 0 Å². The van der Waals surface area contributed by atoms with Gasteiger partial charge in [0.05, 0.1) is 4.92 Å². The van der Waals surface area contributed by atoms with Crippen LogP contribution in [-0.2, 0) is 0 Å². The van der Waals surface area contributed by atoms with E-state index in [1.165, 1.54) is 31.7 Å². The van der Waals surface area contributed by atoms with Crippen LogP contribution in [0.1, 0.15) is 38.3 Å². The number of aryl methyl sites for hydroxylation is 1. The number of hydrogen-bond acceptors (Lipinski definition) is 4. The molecule has 1 saturated carbocycles. The van der Waals surface area contributed by atoms with Crippen LogP contribution in [0.3, 0.4) is 0 Å². The van der Waals surface area contributed by atoms with E-state index in [0.29, 0.717) is 11.6 Å². The van der Waals surface area contributed by atoms with E-state index in [1.807, 2.05) is 0 Å². The summed E-state index contributed by atoms with van der Waals surface area (Å²) in [5, 5.41) is 14.0. The summed E-state index contributed by atoms with van der Waals surface area (Å²) in [7, 11) is 0. The number of nitrogens with zero attached hydrogens (tertiary/aromatic N) is 2. The maximum absolute atomic E-state index is 10.7. The fraction of sp³-hybridized carbons (Fsp3) is 0.643. The third-order valence-electron chi connectivity index (χ3n) is 4.09. The van der Waals surface area contributed by atoms with Crippen molar-refractivity contribution in [1.82, 2.24) is 4.98 Å². The average Bonchev–Trinajstić information content (AvgIpc) is 2.37. The lowest BCUT2D eigenvalue weighted by Crippen LogP contribution is -2.24. The van der Waals surface area contributed by atoms with Crippen molar-refractivity contribution >= 4 is 11.5 Å². The quantitative estimate of drug-likeness (QED) is 0.666. The summed E-state index contributed by atoms with van der Waals surface area (Å²) in [6.07, 6.45) is 5.22. The Morgan fingerprint density at radius 1 is 1.42 bits per heavy atom. The minimum Gasteiger partial charge on any atom is -0.370 e. The second-order valence-electron chi connectivity index (χ2n) is 5.46. The Kier molecular flexibility index (Phi) is 4.35. The van der Waals surface area contributed by atoms with Gasteiger partial charge in [-0.3, -0.25) is 10.1 Å². The molecule has 0 bridgehead atoms. The molecule has 104 valence electrons. The van der Waals surface area contributed by atoms with Crippen LogP contribution in [0.25, 0.3) is 0 Å². The van der Waals surface area contributed by atoms with E-state index in [1.54, 1.807) is 13.0 Å². The number of nitrogens with one attached hydrogen (secondary N) is 1. The molecule has 0 spiro atoms. The number of pyridine rings is 1. The average molecular weight is 263 g/mol. The van der Waals surface area contributed by atoms with E-state index < -0.39 is 4.92 Å². The first-order chi connectivity index (χ1) is 9.08. The van der Waals surface area contributed by atoms with E-state index in [4.69, 9.17) is 0 Å². The van der Waals surface area contributed by atoms with Crippen LogP contribution in [0.4, 0.5) is 11.5 Å². The van der Waals surface area contributed by atoms with Crippen molar-refractivity contribution in [2.75, 3.05) is 11.9 Å². The molecule has 19 heavy (non-hydrogen) atoms. The number of aromatic nitrogens is 1. The number of anilines is 1. The Balaban J connectivity index is 1.96. The predicted octanol–water partition coefficient (Wildman–Crippen LogP) is 3.54. The minimum atomic E-state index is -0.394. The molecule has 2 unspecified atom stereocenters. The van der Waals surface area contributed by atoms with Crippen LogP contribution in [0.5, 0.6) is 0 Å². The van der Waals surface area contributed by atoms with Crippen LogP contribution >= 0.6 is 0 Å². The smallest absolute Gasteiger partial charge is 0.290 e. The molecule has 0 amide bonds. The number of nitro groups is 1. The van der Waals surface area contributed by atoms with Crippen molar-refractivity contribution < 1.29 is 4.92 Å². The predicted molar refractivity (Wildman–Crippen MR) is 75.2 cm³/mol. The van der Waals surface area contributed by atoms with Gasteiger partial charge in [-0.25, -0.2) is 4.98 Å².